The Bertz CT molecular complexity index is 656. The molecular formula is C17H18N2O3. The molecule has 5 heteroatoms. The molecule has 1 atom stereocenters. The number of nitrogens with zero attached hydrogens (tertiary/aromatic N) is 1. The fourth-order valence-electron chi connectivity index (χ4n) is 2.32. The zero-order valence-corrected chi connectivity index (χ0v) is 12.4. The van der Waals surface area contributed by atoms with Gasteiger partial charge in [0.05, 0.1) is 11.0 Å². The molecule has 0 aromatic heterocycles. The number of hydrogen-bond donors (Lipinski definition) is 1. The van der Waals surface area contributed by atoms with Crippen LogP contribution in [0.15, 0.2) is 54.6 Å². The van der Waals surface area contributed by atoms with Crippen molar-refractivity contribution in [2.24, 2.45) is 0 Å². The summed E-state index contributed by atoms with van der Waals surface area (Å²) in [4.78, 5) is 22.5. The summed E-state index contributed by atoms with van der Waals surface area (Å²) in [7, 11) is 0. The Labute approximate surface area is 129 Å². The van der Waals surface area contributed by atoms with E-state index < -0.39 is 0 Å². The quantitative estimate of drug-likeness (QED) is 0.656. The van der Waals surface area contributed by atoms with Crippen molar-refractivity contribution in [3.63, 3.8) is 0 Å². The molecule has 1 N–H and O–H groups in total. The third-order valence-electron chi connectivity index (χ3n) is 3.47. The second kappa shape index (κ2) is 7.36. The Morgan fingerprint density at radius 2 is 1.77 bits per heavy atom. The van der Waals surface area contributed by atoms with E-state index in [1.165, 1.54) is 6.07 Å². The van der Waals surface area contributed by atoms with E-state index in [1.807, 2.05) is 30.3 Å². The largest absolute Gasteiger partial charge is 0.349 e. The Balaban J connectivity index is 2.31. The smallest absolute Gasteiger partial charge is 0.272 e. The van der Waals surface area contributed by atoms with Crippen LogP contribution in [0, 0.1) is 10.1 Å². The molecule has 0 spiro atoms. The van der Waals surface area contributed by atoms with Crippen LogP contribution >= 0.6 is 0 Å². The number of hydrogen-bond acceptors (Lipinski definition) is 3. The first-order valence-electron chi connectivity index (χ1n) is 7.18. The number of rotatable bonds is 6. The second-order valence-electron chi connectivity index (χ2n) is 4.97. The van der Waals surface area contributed by atoms with Gasteiger partial charge in [0.1, 0.15) is 0 Å². The number of para-hydroxylation sites is 1. The van der Waals surface area contributed by atoms with E-state index in [2.05, 4.69) is 5.32 Å². The maximum atomic E-state index is 11.8. The molecule has 0 fully saturated rings. The first-order valence-corrected chi connectivity index (χ1v) is 7.18. The Morgan fingerprint density at radius 1 is 1.14 bits per heavy atom. The summed E-state index contributed by atoms with van der Waals surface area (Å²) in [6.07, 6.45) is 0.757. The van der Waals surface area contributed by atoms with Gasteiger partial charge in [0, 0.05) is 24.5 Å². The lowest BCUT2D eigenvalue weighted by atomic mass is 9.97. The minimum Gasteiger partial charge on any atom is -0.349 e. The Morgan fingerprint density at radius 3 is 2.41 bits per heavy atom. The molecule has 0 saturated heterocycles. The third-order valence-corrected chi connectivity index (χ3v) is 3.47. The topological polar surface area (TPSA) is 72.2 Å². The Kier molecular flexibility index (Phi) is 5.25. The molecule has 0 aliphatic heterocycles. The summed E-state index contributed by atoms with van der Waals surface area (Å²) in [6, 6.07) is 15.8. The predicted octanol–water partition coefficient (Wildman–Crippen LogP) is 3.40. The van der Waals surface area contributed by atoms with Crippen LogP contribution in [0.2, 0.25) is 0 Å². The van der Waals surface area contributed by atoms with Crippen LogP contribution in [0.25, 0.3) is 0 Å². The second-order valence-corrected chi connectivity index (χ2v) is 4.97. The van der Waals surface area contributed by atoms with E-state index in [0.717, 1.165) is 5.56 Å². The molecule has 2 rings (SSSR count). The van der Waals surface area contributed by atoms with Gasteiger partial charge in [-0.15, -0.1) is 0 Å². The van der Waals surface area contributed by atoms with Crippen molar-refractivity contribution in [2.75, 3.05) is 0 Å². The molecule has 0 heterocycles. The molecule has 0 bridgehead atoms. The molecular weight excluding hydrogens is 280 g/mol. The maximum absolute atomic E-state index is 11.8. The molecule has 0 aliphatic carbocycles. The van der Waals surface area contributed by atoms with E-state index in [4.69, 9.17) is 0 Å². The van der Waals surface area contributed by atoms with Gasteiger partial charge < -0.3 is 5.32 Å². The predicted molar refractivity (Wildman–Crippen MR) is 84.4 cm³/mol. The van der Waals surface area contributed by atoms with Crippen molar-refractivity contribution < 1.29 is 9.72 Å². The van der Waals surface area contributed by atoms with Crippen molar-refractivity contribution in [3.05, 3.63) is 75.8 Å². The van der Waals surface area contributed by atoms with Gasteiger partial charge in [0.2, 0.25) is 5.91 Å². The van der Waals surface area contributed by atoms with Gasteiger partial charge in [-0.25, -0.2) is 0 Å². The zero-order chi connectivity index (χ0) is 15.9. The number of carbonyl (C=O) groups is 1. The van der Waals surface area contributed by atoms with E-state index in [-0.39, 0.29) is 22.6 Å². The van der Waals surface area contributed by atoms with Gasteiger partial charge in [0.15, 0.2) is 0 Å². The highest BCUT2D eigenvalue weighted by molar-refractivity contribution is 5.76. The monoisotopic (exact) mass is 298 g/mol. The van der Waals surface area contributed by atoms with E-state index in [0.29, 0.717) is 18.4 Å². The minimum absolute atomic E-state index is 0.0764. The first kappa shape index (κ1) is 15.7. The summed E-state index contributed by atoms with van der Waals surface area (Å²) in [5, 5.41) is 14.1. The van der Waals surface area contributed by atoms with Gasteiger partial charge in [-0.05, 0) is 5.56 Å². The SMILES string of the molecule is CCC(=O)N[C@@H](Cc1ccccc1[N+](=O)[O-])c1ccccc1. The summed E-state index contributed by atoms with van der Waals surface area (Å²) in [6.45, 7) is 1.78. The highest BCUT2D eigenvalue weighted by atomic mass is 16.6. The molecule has 0 unspecified atom stereocenters. The van der Waals surface area contributed by atoms with Crippen LogP contribution in [0.4, 0.5) is 5.69 Å². The number of amides is 1. The van der Waals surface area contributed by atoms with Crippen LogP contribution in [-0.4, -0.2) is 10.8 Å². The molecule has 0 aliphatic rings. The summed E-state index contributed by atoms with van der Waals surface area (Å²) in [5.41, 5.74) is 1.62. The lowest BCUT2D eigenvalue weighted by Crippen LogP contribution is -2.29. The van der Waals surface area contributed by atoms with Crippen molar-refractivity contribution in [3.8, 4) is 0 Å². The molecule has 114 valence electrons. The lowest BCUT2D eigenvalue weighted by molar-refractivity contribution is -0.385. The number of benzene rings is 2. The van der Waals surface area contributed by atoms with Crippen molar-refractivity contribution in [1.29, 1.82) is 0 Å². The highest BCUT2D eigenvalue weighted by Gasteiger charge is 2.19. The van der Waals surface area contributed by atoms with Crippen molar-refractivity contribution >= 4 is 11.6 Å². The van der Waals surface area contributed by atoms with Crippen LogP contribution in [-0.2, 0) is 11.2 Å². The highest BCUT2D eigenvalue weighted by Crippen LogP contribution is 2.25. The number of nitro benzene ring substituents is 1. The van der Waals surface area contributed by atoms with Gasteiger partial charge in [-0.3, -0.25) is 14.9 Å². The first-order chi connectivity index (χ1) is 10.6. The van der Waals surface area contributed by atoms with E-state index in [1.54, 1.807) is 25.1 Å². The summed E-state index contributed by atoms with van der Waals surface area (Å²) in [5.74, 6) is -0.0764. The average Bonchev–Trinajstić information content (AvgIpc) is 2.55. The molecule has 5 nitrogen and oxygen atoms in total. The van der Waals surface area contributed by atoms with Gasteiger partial charge in [-0.2, -0.15) is 0 Å². The van der Waals surface area contributed by atoms with Crippen LogP contribution in [0.3, 0.4) is 0 Å². The zero-order valence-electron chi connectivity index (χ0n) is 12.4. The maximum Gasteiger partial charge on any atom is 0.272 e. The van der Waals surface area contributed by atoms with E-state index >= 15 is 0 Å². The number of carbonyl (C=O) groups excluding carboxylic acids is 1. The third kappa shape index (κ3) is 3.91. The molecule has 2 aromatic rings. The van der Waals surface area contributed by atoms with Gasteiger partial charge in [-0.1, -0.05) is 55.5 Å². The number of nitro groups is 1. The van der Waals surface area contributed by atoms with Crippen LogP contribution in [0.1, 0.15) is 30.5 Å². The molecule has 0 saturated carbocycles. The van der Waals surface area contributed by atoms with Gasteiger partial charge >= 0.3 is 0 Å². The fourth-order valence-corrected chi connectivity index (χ4v) is 2.32. The van der Waals surface area contributed by atoms with Crippen molar-refractivity contribution in [1.82, 2.24) is 5.32 Å². The van der Waals surface area contributed by atoms with Crippen LogP contribution in [0.5, 0.6) is 0 Å². The Hall–Kier alpha value is -2.69. The molecule has 1 amide bonds. The summed E-state index contributed by atoms with van der Waals surface area (Å²) >= 11 is 0. The van der Waals surface area contributed by atoms with E-state index in [9.17, 15) is 14.9 Å². The average molecular weight is 298 g/mol. The summed E-state index contributed by atoms with van der Waals surface area (Å²) < 4.78 is 0. The molecule has 0 radical (unpaired) electrons. The normalized spacial score (nSPS) is 11.7. The standard InChI is InChI=1S/C17H18N2O3/c1-2-17(20)18-15(13-8-4-3-5-9-13)12-14-10-6-7-11-16(14)19(21)22/h3-11,15H,2,12H2,1H3,(H,18,20)/t15-/m0/s1. The minimum atomic E-state index is -0.390. The molecule has 2 aromatic carbocycles. The van der Waals surface area contributed by atoms with Crippen molar-refractivity contribution in [2.45, 2.75) is 25.8 Å². The lowest BCUT2D eigenvalue weighted by Gasteiger charge is -2.19. The number of nitrogens with one attached hydrogen (secondary N) is 1. The van der Waals surface area contributed by atoms with Crippen LogP contribution < -0.4 is 5.32 Å². The van der Waals surface area contributed by atoms with Gasteiger partial charge in [0.25, 0.3) is 5.69 Å². The fraction of sp³-hybridized carbons (Fsp3) is 0.235. The molecule has 22 heavy (non-hydrogen) atoms.